The highest BCUT2D eigenvalue weighted by Crippen LogP contribution is 2.16. The molecule has 1 saturated heterocycles. The maximum atomic E-state index is 13.5. The SMILES string of the molecule is O=C(Nc1ccc(N2CCNCC2)nc1)Nc1ccccc1F. The zero-order valence-corrected chi connectivity index (χ0v) is 12.6. The number of aromatic nitrogens is 1. The summed E-state index contributed by atoms with van der Waals surface area (Å²) in [6.45, 7) is 3.69. The van der Waals surface area contributed by atoms with Gasteiger partial charge in [-0.2, -0.15) is 0 Å². The molecule has 2 amide bonds. The van der Waals surface area contributed by atoms with Gasteiger partial charge in [-0.05, 0) is 24.3 Å². The van der Waals surface area contributed by atoms with Crippen molar-refractivity contribution in [1.29, 1.82) is 0 Å². The summed E-state index contributed by atoms with van der Waals surface area (Å²) in [6, 6.07) is 9.15. The van der Waals surface area contributed by atoms with Gasteiger partial charge in [0.1, 0.15) is 11.6 Å². The Bertz CT molecular complexity index is 670. The van der Waals surface area contributed by atoms with E-state index >= 15 is 0 Å². The van der Waals surface area contributed by atoms with Crippen LogP contribution < -0.4 is 20.9 Å². The Balaban J connectivity index is 1.59. The first-order valence-electron chi connectivity index (χ1n) is 7.46. The molecule has 0 bridgehead atoms. The zero-order valence-electron chi connectivity index (χ0n) is 12.6. The van der Waals surface area contributed by atoms with Gasteiger partial charge in [0.05, 0.1) is 17.6 Å². The molecule has 1 aromatic carbocycles. The summed E-state index contributed by atoms with van der Waals surface area (Å²) in [6.07, 6.45) is 1.60. The number of halogens is 1. The van der Waals surface area contributed by atoms with Crippen molar-refractivity contribution in [1.82, 2.24) is 10.3 Å². The molecule has 3 rings (SSSR count). The van der Waals surface area contributed by atoms with Gasteiger partial charge in [0, 0.05) is 26.2 Å². The summed E-state index contributed by atoms with van der Waals surface area (Å²) in [5.41, 5.74) is 0.688. The number of pyridine rings is 1. The second-order valence-electron chi connectivity index (χ2n) is 5.20. The first kappa shape index (κ1) is 15.2. The van der Waals surface area contributed by atoms with E-state index < -0.39 is 11.8 Å². The second-order valence-corrected chi connectivity index (χ2v) is 5.20. The maximum Gasteiger partial charge on any atom is 0.323 e. The van der Waals surface area contributed by atoms with Crippen LogP contribution in [0, 0.1) is 5.82 Å². The number of carbonyl (C=O) groups is 1. The van der Waals surface area contributed by atoms with E-state index in [9.17, 15) is 9.18 Å². The highest BCUT2D eigenvalue weighted by molar-refractivity contribution is 5.99. The molecule has 7 heteroatoms. The number of nitrogens with zero attached hydrogens (tertiary/aromatic N) is 2. The summed E-state index contributed by atoms with van der Waals surface area (Å²) in [5, 5.41) is 8.39. The lowest BCUT2D eigenvalue weighted by Gasteiger charge is -2.28. The molecule has 1 aromatic heterocycles. The first-order valence-corrected chi connectivity index (χ1v) is 7.46. The van der Waals surface area contributed by atoms with Crippen molar-refractivity contribution >= 4 is 23.2 Å². The Morgan fingerprint density at radius 3 is 2.61 bits per heavy atom. The predicted octanol–water partition coefficient (Wildman–Crippen LogP) is 2.27. The maximum absolute atomic E-state index is 13.5. The molecular formula is C16H18FN5O. The molecule has 0 radical (unpaired) electrons. The monoisotopic (exact) mass is 315 g/mol. The lowest BCUT2D eigenvalue weighted by atomic mass is 10.3. The number of para-hydroxylation sites is 1. The number of carbonyl (C=O) groups excluding carboxylic acids is 1. The van der Waals surface area contributed by atoms with Gasteiger partial charge < -0.3 is 20.9 Å². The fourth-order valence-electron chi connectivity index (χ4n) is 2.39. The van der Waals surface area contributed by atoms with Crippen LogP contribution in [-0.4, -0.2) is 37.2 Å². The molecule has 0 unspecified atom stereocenters. The van der Waals surface area contributed by atoms with Gasteiger partial charge >= 0.3 is 6.03 Å². The number of rotatable bonds is 3. The molecule has 2 aromatic rings. The molecule has 2 heterocycles. The quantitative estimate of drug-likeness (QED) is 0.813. The fourth-order valence-corrected chi connectivity index (χ4v) is 2.39. The number of benzene rings is 1. The van der Waals surface area contributed by atoms with E-state index in [0.29, 0.717) is 5.69 Å². The third-order valence-electron chi connectivity index (χ3n) is 3.57. The van der Waals surface area contributed by atoms with Crippen molar-refractivity contribution in [3.8, 4) is 0 Å². The van der Waals surface area contributed by atoms with E-state index in [1.54, 1.807) is 24.4 Å². The van der Waals surface area contributed by atoms with E-state index in [4.69, 9.17) is 0 Å². The average Bonchev–Trinajstić information content (AvgIpc) is 2.58. The van der Waals surface area contributed by atoms with Gasteiger partial charge in [-0.1, -0.05) is 12.1 Å². The van der Waals surface area contributed by atoms with Crippen LogP contribution in [0.3, 0.4) is 0 Å². The molecule has 0 aliphatic carbocycles. The zero-order chi connectivity index (χ0) is 16.1. The van der Waals surface area contributed by atoms with Crippen LogP contribution in [0.5, 0.6) is 0 Å². The third-order valence-corrected chi connectivity index (χ3v) is 3.57. The Kier molecular flexibility index (Phi) is 4.68. The Labute approximate surface area is 133 Å². The lowest BCUT2D eigenvalue weighted by Crippen LogP contribution is -2.43. The molecule has 1 fully saturated rings. The number of piperazine rings is 1. The molecular weight excluding hydrogens is 297 g/mol. The van der Waals surface area contributed by atoms with E-state index in [0.717, 1.165) is 32.0 Å². The van der Waals surface area contributed by atoms with Gasteiger partial charge in [0.2, 0.25) is 0 Å². The molecule has 23 heavy (non-hydrogen) atoms. The van der Waals surface area contributed by atoms with Crippen molar-refractivity contribution in [3.63, 3.8) is 0 Å². The third kappa shape index (κ3) is 3.95. The lowest BCUT2D eigenvalue weighted by molar-refractivity contribution is 0.262. The highest BCUT2D eigenvalue weighted by atomic mass is 19.1. The van der Waals surface area contributed by atoms with Crippen molar-refractivity contribution in [2.24, 2.45) is 0 Å². The molecule has 0 saturated carbocycles. The Morgan fingerprint density at radius 1 is 1.13 bits per heavy atom. The molecule has 1 aliphatic heterocycles. The van der Waals surface area contributed by atoms with Gasteiger partial charge in [0.15, 0.2) is 0 Å². The van der Waals surface area contributed by atoms with Gasteiger partial charge in [-0.25, -0.2) is 14.2 Å². The van der Waals surface area contributed by atoms with Gasteiger partial charge in [0.25, 0.3) is 0 Å². The minimum atomic E-state index is -0.508. The number of nitrogens with one attached hydrogen (secondary N) is 3. The van der Waals surface area contributed by atoms with Gasteiger partial charge in [-0.15, -0.1) is 0 Å². The van der Waals surface area contributed by atoms with Crippen molar-refractivity contribution < 1.29 is 9.18 Å². The normalized spacial score (nSPS) is 14.4. The fraction of sp³-hybridized carbons (Fsp3) is 0.250. The Hall–Kier alpha value is -2.67. The highest BCUT2D eigenvalue weighted by Gasteiger charge is 2.12. The summed E-state index contributed by atoms with van der Waals surface area (Å²) in [7, 11) is 0. The summed E-state index contributed by atoms with van der Waals surface area (Å²) < 4.78 is 13.5. The topological polar surface area (TPSA) is 69.3 Å². The van der Waals surface area contributed by atoms with E-state index in [2.05, 4.69) is 25.8 Å². The number of hydrogen-bond acceptors (Lipinski definition) is 4. The van der Waals surface area contributed by atoms with Crippen molar-refractivity contribution in [2.45, 2.75) is 0 Å². The molecule has 3 N–H and O–H groups in total. The van der Waals surface area contributed by atoms with Crippen molar-refractivity contribution in [2.75, 3.05) is 41.7 Å². The Morgan fingerprint density at radius 2 is 1.91 bits per heavy atom. The van der Waals surface area contributed by atoms with Crippen LogP contribution in [0.25, 0.3) is 0 Å². The van der Waals surface area contributed by atoms with E-state index in [1.165, 1.54) is 12.1 Å². The first-order chi connectivity index (χ1) is 11.2. The summed E-state index contributed by atoms with van der Waals surface area (Å²) in [5.74, 6) is 0.404. The average molecular weight is 315 g/mol. The standard InChI is InChI=1S/C16H18FN5O/c17-13-3-1-2-4-14(13)21-16(23)20-12-5-6-15(19-11-12)22-9-7-18-8-10-22/h1-6,11,18H,7-10H2,(H2,20,21,23). The van der Waals surface area contributed by atoms with Crippen LogP contribution in [0.2, 0.25) is 0 Å². The van der Waals surface area contributed by atoms with Crippen LogP contribution in [0.1, 0.15) is 0 Å². The largest absolute Gasteiger partial charge is 0.354 e. The van der Waals surface area contributed by atoms with Crippen LogP contribution in [0.15, 0.2) is 42.6 Å². The summed E-state index contributed by atoms with van der Waals surface area (Å²) in [4.78, 5) is 18.4. The number of anilines is 3. The van der Waals surface area contributed by atoms with Crippen LogP contribution in [-0.2, 0) is 0 Å². The summed E-state index contributed by atoms with van der Waals surface area (Å²) >= 11 is 0. The number of amides is 2. The molecule has 120 valence electrons. The smallest absolute Gasteiger partial charge is 0.323 e. The van der Waals surface area contributed by atoms with Crippen LogP contribution >= 0.6 is 0 Å². The minimum Gasteiger partial charge on any atom is -0.354 e. The van der Waals surface area contributed by atoms with E-state index in [-0.39, 0.29) is 5.69 Å². The van der Waals surface area contributed by atoms with E-state index in [1.807, 2.05) is 6.07 Å². The molecule has 0 spiro atoms. The minimum absolute atomic E-state index is 0.135. The predicted molar refractivity (Wildman–Crippen MR) is 88.4 cm³/mol. The number of urea groups is 1. The number of hydrogen-bond donors (Lipinski definition) is 3. The van der Waals surface area contributed by atoms with Crippen molar-refractivity contribution in [3.05, 3.63) is 48.4 Å². The molecule has 6 nitrogen and oxygen atoms in total. The second kappa shape index (κ2) is 7.06. The van der Waals surface area contributed by atoms with Crippen LogP contribution in [0.4, 0.5) is 26.4 Å². The van der Waals surface area contributed by atoms with Gasteiger partial charge in [-0.3, -0.25) is 0 Å². The molecule has 0 atom stereocenters. The molecule has 1 aliphatic rings.